The molecular weight excluding hydrogens is 242 g/mol. The van der Waals surface area contributed by atoms with Gasteiger partial charge in [0.15, 0.2) is 0 Å². The topological polar surface area (TPSA) is 46.6 Å². The van der Waals surface area contributed by atoms with Crippen molar-refractivity contribution in [3.05, 3.63) is 0 Å². The first-order chi connectivity index (χ1) is 7.76. The molecule has 0 saturated heterocycles. The van der Waals surface area contributed by atoms with Gasteiger partial charge < -0.3 is 9.64 Å². The Bertz CT molecular complexity index is 277. The van der Waals surface area contributed by atoms with Gasteiger partial charge in [0.1, 0.15) is 6.54 Å². The standard InChI is InChI=1S/C12H22ClNO3/c1-6-17-10(15)7-14(9(2)3)11(16)12(4,5)8-13/h9H,6-8H2,1-5H3. The molecule has 0 aliphatic heterocycles. The number of esters is 1. The molecular formula is C12H22ClNO3. The zero-order valence-corrected chi connectivity index (χ0v) is 12.0. The number of hydrogen-bond acceptors (Lipinski definition) is 3. The van der Waals surface area contributed by atoms with Crippen molar-refractivity contribution in [2.24, 2.45) is 5.41 Å². The van der Waals surface area contributed by atoms with Gasteiger partial charge in [-0.3, -0.25) is 9.59 Å². The SMILES string of the molecule is CCOC(=O)CN(C(=O)C(C)(C)CCl)C(C)C. The first-order valence-corrected chi connectivity index (χ1v) is 6.32. The Kier molecular flexibility index (Phi) is 6.53. The Balaban J connectivity index is 4.75. The number of amides is 1. The number of hydrogen-bond donors (Lipinski definition) is 0. The maximum Gasteiger partial charge on any atom is 0.325 e. The van der Waals surface area contributed by atoms with Gasteiger partial charge in [-0.15, -0.1) is 11.6 Å². The van der Waals surface area contributed by atoms with Crippen molar-refractivity contribution in [1.29, 1.82) is 0 Å². The van der Waals surface area contributed by atoms with Crippen molar-refractivity contribution in [3.8, 4) is 0 Å². The minimum Gasteiger partial charge on any atom is -0.465 e. The fourth-order valence-electron chi connectivity index (χ4n) is 1.28. The maximum atomic E-state index is 12.2. The van der Waals surface area contributed by atoms with Crippen LogP contribution in [0.25, 0.3) is 0 Å². The maximum absolute atomic E-state index is 12.2. The van der Waals surface area contributed by atoms with E-state index in [1.54, 1.807) is 20.8 Å². The number of ether oxygens (including phenoxy) is 1. The summed E-state index contributed by atoms with van der Waals surface area (Å²) in [4.78, 5) is 25.1. The molecule has 0 aliphatic carbocycles. The van der Waals surface area contributed by atoms with E-state index in [9.17, 15) is 9.59 Å². The zero-order chi connectivity index (χ0) is 13.6. The van der Waals surface area contributed by atoms with Crippen LogP contribution in [0.4, 0.5) is 0 Å². The van der Waals surface area contributed by atoms with E-state index in [0.717, 1.165) is 0 Å². The number of carbonyl (C=O) groups excluding carboxylic acids is 2. The quantitative estimate of drug-likeness (QED) is 0.544. The molecule has 0 rings (SSSR count). The van der Waals surface area contributed by atoms with Crippen molar-refractivity contribution < 1.29 is 14.3 Å². The predicted molar refractivity (Wildman–Crippen MR) is 68.0 cm³/mol. The first kappa shape index (κ1) is 16.2. The molecule has 0 fully saturated rings. The van der Waals surface area contributed by atoms with E-state index < -0.39 is 5.41 Å². The smallest absolute Gasteiger partial charge is 0.325 e. The summed E-state index contributed by atoms with van der Waals surface area (Å²) in [5.74, 6) is -0.298. The summed E-state index contributed by atoms with van der Waals surface area (Å²) in [6, 6.07) is -0.0607. The molecule has 0 bridgehead atoms. The molecule has 0 aliphatic rings. The molecule has 100 valence electrons. The van der Waals surface area contributed by atoms with Crippen LogP contribution in [0.15, 0.2) is 0 Å². The molecule has 0 N–H and O–H groups in total. The summed E-state index contributed by atoms with van der Waals surface area (Å²) in [5, 5.41) is 0. The highest BCUT2D eigenvalue weighted by atomic mass is 35.5. The fraction of sp³-hybridized carbons (Fsp3) is 0.833. The summed E-state index contributed by atoms with van der Waals surface area (Å²) in [6.07, 6.45) is 0. The number of alkyl halides is 1. The van der Waals surface area contributed by atoms with Gasteiger partial charge in [0.25, 0.3) is 0 Å². The molecule has 0 heterocycles. The Morgan fingerprint density at radius 3 is 2.24 bits per heavy atom. The summed E-state index contributed by atoms with van der Waals surface area (Å²) in [7, 11) is 0. The first-order valence-electron chi connectivity index (χ1n) is 5.79. The van der Waals surface area contributed by atoms with E-state index in [4.69, 9.17) is 16.3 Å². The van der Waals surface area contributed by atoms with Crippen molar-refractivity contribution in [2.45, 2.75) is 40.7 Å². The highest BCUT2D eigenvalue weighted by Gasteiger charge is 2.33. The van der Waals surface area contributed by atoms with E-state index in [2.05, 4.69) is 0 Å². The lowest BCUT2D eigenvalue weighted by Gasteiger charge is -2.32. The Hall–Kier alpha value is -0.770. The number of halogens is 1. The van der Waals surface area contributed by atoms with Crippen molar-refractivity contribution in [2.75, 3.05) is 19.0 Å². The molecule has 0 spiro atoms. The number of carbonyl (C=O) groups is 2. The molecule has 1 amide bonds. The highest BCUT2D eigenvalue weighted by molar-refractivity contribution is 6.19. The van der Waals surface area contributed by atoms with Crippen LogP contribution >= 0.6 is 11.6 Å². The van der Waals surface area contributed by atoms with Crippen LogP contribution in [0.3, 0.4) is 0 Å². The molecule has 0 saturated carbocycles. The summed E-state index contributed by atoms with van der Waals surface area (Å²) < 4.78 is 4.85. The van der Waals surface area contributed by atoms with Gasteiger partial charge in [-0.2, -0.15) is 0 Å². The lowest BCUT2D eigenvalue weighted by molar-refractivity contribution is -0.153. The summed E-state index contributed by atoms with van der Waals surface area (Å²) >= 11 is 5.77. The lowest BCUT2D eigenvalue weighted by atomic mass is 9.93. The Morgan fingerprint density at radius 2 is 1.88 bits per heavy atom. The molecule has 4 nitrogen and oxygen atoms in total. The molecule has 0 atom stereocenters. The van der Waals surface area contributed by atoms with E-state index in [1.807, 2.05) is 13.8 Å². The Labute approximate surface area is 108 Å². The molecule has 5 heteroatoms. The van der Waals surface area contributed by atoms with Gasteiger partial charge in [-0.1, -0.05) is 0 Å². The predicted octanol–water partition coefficient (Wildman–Crippen LogP) is 2.05. The third-order valence-corrected chi connectivity index (χ3v) is 3.07. The summed E-state index contributed by atoms with van der Waals surface area (Å²) in [5.41, 5.74) is -0.668. The van der Waals surface area contributed by atoms with Crippen LogP contribution in [-0.4, -0.2) is 41.8 Å². The van der Waals surface area contributed by atoms with Crippen LogP contribution in [0, 0.1) is 5.41 Å². The molecule has 0 aromatic carbocycles. The minimum atomic E-state index is -0.668. The number of rotatable bonds is 6. The third kappa shape index (κ3) is 4.94. The van der Waals surface area contributed by atoms with Crippen molar-refractivity contribution in [3.63, 3.8) is 0 Å². The second kappa shape index (κ2) is 6.84. The van der Waals surface area contributed by atoms with Gasteiger partial charge in [0.05, 0.1) is 12.0 Å². The normalized spacial score (nSPS) is 11.5. The van der Waals surface area contributed by atoms with Gasteiger partial charge in [-0.05, 0) is 34.6 Å². The zero-order valence-electron chi connectivity index (χ0n) is 11.2. The lowest BCUT2D eigenvalue weighted by Crippen LogP contribution is -2.48. The van der Waals surface area contributed by atoms with E-state index in [1.165, 1.54) is 4.90 Å². The average Bonchev–Trinajstić information content (AvgIpc) is 2.25. The highest BCUT2D eigenvalue weighted by Crippen LogP contribution is 2.22. The van der Waals surface area contributed by atoms with Crippen molar-refractivity contribution >= 4 is 23.5 Å². The van der Waals surface area contributed by atoms with Gasteiger partial charge >= 0.3 is 5.97 Å². The second-order valence-corrected chi connectivity index (χ2v) is 5.12. The summed E-state index contributed by atoms with van der Waals surface area (Å²) in [6.45, 7) is 9.29. The van der Waals surface area contributed by atoms with Crippen LogP contribution in [0.1, 0.15) is 34.6 Å². The van der Waals surface area contributed by atoms with E-state index in [-0.39, 0.29) is 30.3 Å². The third-order valence-electron chi connectivity index (χ3n) is 2.40. The molecule has 0 unspecified atom stereocenters. The molecule has 0 radical (unpaired) electrons. The number of nitrogens with zero attached hydrogens (tertiary/aromatic N) is 1. The van der Waals surface area contributed by atoms with E-state index in [0.29, 0.717) is 6.61 Å². The van der Waals surface area contributed by atoms with Crippen LogP contribution in [-0.2, 0) is 14.3 Å². The van der Waals surface area contributed by atoms with Gasteiger partial charge in [-0.25, -0.2) is 0 Å². The fourth-order valence-corrected chi connectivity index (χ4v) is 1.39. The monoisotopic (exact) mass is 263 g/mol. The van der Waals surface area contributed by atoms with Gasteiger partial charge in [0.2, 0.25) is 5.91 Å². The van der Waals surface area contributed by atoms with E-state index >= 15 is 0 Å². The van der Waals surface area contributed by atoms with Crippen molar-refractivity contribution in [1.82, 2.24) is 4.90 Å². The molecule has 0 aromatic heterocycles. The second-order valence-electron chi connectivity index (χ2n) is 4.85. The largest absolute Gasteiger partial charge is 0.465 e. The van der Waals surface area contributed by atoms with Gasteiger partial charge in [0, 0.05) is 11.9 Å². The Morgan fingerprint density at radius 1 is 1.35 bits per heavy atom. The van der Waals surface area contributed by atoms with Crippen LogP contribution in [0.2, 0.25) is 0 Å². The average molecular weight is 264 g/mol. The van der Waals surface area contributed by atoms with Crippen LogP contribution in [0.5, 0.6) is 0 Å². The molecule has 0 aromatic rings. The minimum absolute atomic E-state index is 0.0232. The molecule has 17 heavy (non-hydrogen) atoms. The van der Waals surface area contributed by atoms with Crippen LogP contribution < -0.4 is 0 Å².